The molecule has 2 unspecified atom stereocenters. The summed E-state index contributed by atoms with van der Waals surface area (Å²) in [5, 5.41) is 10.9. The third-order valence-corrected chi connectivity index (χ3v) is 6.59. The van der Waals surface area contributed by atoms with Gasteiger partial charge in [-0.25, -0.2) is 0 Å². The Morgan fingerprint density at radius 2 is 1.70 bits per heavy atom. The van der Waals surface area contributed by atoms with Crippen LogP contribution in [-0.4, -0.2) is 52.3 Å². The quantitative estimate of drug-likeness (QED) is 0.315. The van der Waals surface area contributed by atoms with Gasteiger partial charge in [-0.15, -0.1) is 10.2 Å². The molecule has 202 valence electrons. The van der Waals surface area contributed by atoms with E-state index in [0.717, 1.165) is 5.56 Å². The van der Waals surface area contributed by atoms with E-state index in [0.29, 0.717) is 27.5 Å². The predicted octanol–water partition coefficient (Wildman–Crippen LogP) is 3.64. The lowest BCUT2D eigenvalue weighted by atomic mass is 10.00. The first-order valence-electron chi connectivity index (χ1n) is 12.6. The second-order valence-corrected chi connectivity index (χ2v) is 9.48. The van der Waals surface area contributed by atoms with E-state index in [-0.39, 0.29) is 18.2 Å². The minimum absolute atomic E-state index is 0.193. The summed E-state index contributed by atoms with van der Waals surface area (Å²) in [5.74, 6) is -1.72. The van der Waals surface area contributed by atoms with Gasteiger partial charge >= 0.3 is 0 Å². The number of aromatic nitrogens is 2. The van der Waals surface area contributed by atoms with Crippen molar-refractivity contribution in [1.82, 2.24) is 15.5 Å². The molecule has 0 spiro atoms. The fourth-order valence-corrected chi connectivity index (χ4v) is 4.54. The van der Waals surface area contributed by atoms with Crippen LogP contribution in [0.15, 0.2) is 88.3 Å². The highest BCUT2D eigenvalue weighted by Gasteiger charge is 2.33. The SMILES string of the molecule is CCC(NC(=O)CN1C(=O)C(N)N=C(c2ccccc2)c2cc(Cl)ccc21)C(=O)c1nnc(-c2ccccc2)o1. The number of halogens is 1. The third kappa shape index (κ3) is 5.54. The van der Waals surface area contributed by atoms with Crippen molar-refractivity contribution in [1.29, 1.82) is 0 Å². The zero-order valence-electron chi connectivity index (χ0n) is 21.5. The Kier molecular flexibility index (Phi) is 7.81. The minimum Gasteiger partial charge on any atom is -0.414 e. The summed E-state index contributed by atoms with van der Waals surface area (Å²) in [4.78, 5) is 45.4. The number of carbonyl (C=O) groups is 3. The minimum atomic E-state index is -1.26. The fourth-order valence-electron chi connectivity index (χ4n) is 4.37. The molecule has 3 N–H and O–H groups in total. The Bertz CT molecular complexity index is 1590. The first-order chi connectivity index (χ1) is 19.4. The second kappa shape index (κ2) is 11.6. The highest BCUT2D eigenvalue weighted by molar-refractivity contribution is 6.32. The number of Topliss-reactive ketones (excluding diaryl/α,β-unsaturated/α-hetero) is 1. The molecule has 2 amide bonds. The number of aliphatic imine (C=N–C) groups is 1. The lowest BCUT2D eigenvalue weighted by Gasteiger charge is -2.25. The van der Waals surface area contributed by atoms with Crippen LogP contribution < -0.4 is 16.0 Å². The molecule has 2 atom stereocenters. The van der Waals surface area contributed by atoms with Crippen LogP contribution in [0.5, 0.6) is 0 Å². The van der Waals surface area contributed by atoms with Crippen molar-refractivity contribution in [3.05, 3.63) is 101 Å². The maximum Gasteiger partial charge on any atom is 0.286 e. The van der Waals surface area contributed by atoms with Gasteiger partial charge in [-0.1, -0.05) is 67.1 Å². The number of benzodiazepines with no additional fused rings is 1. The number of nitrogens with two attached hydrogens (primary N) is 1. The first kappa shape index (κ1) is 26.9. The Morgan fingerprint density at radius 3 is 2.38 bits per heavy atom. The van der Waals surface area contributed by atoms with Gasteiger partial charge in [0.1, 0.15) is 6.54 Å². The number of benzene rings is 3. The van der Waals surface area contributed by atoms with Crippen molar-refractivity contribution in [2.75, 3.05) is 11.4 Å². The van der Waals surface area contributed by atoms with Crippen molar-refractivity contribution in [2.24, 2.45) is 10.7 Å². The van der Waals surface area contributed by atoms with E-state index in [1.165, 1.54) is 4.90 Å². The van der Waals surface area contributed by atoms with Crippen LogP contribution in [0.1, 0.15) is 35.2 Å². The van der Waals surface area contributed by atoms with E-state index in [2.05, 4.69) is 20.5 Å². The van der Waals surface area contributed by atoms with E-state index in [1.54, 1.807) is 37.3 Å². The number of ketones is 1. The van der Waals surface area contributed by atoms with Gasteiger partial charge in [0.25, 0.3) is 11.8 Å². The van der Waals surface area contributed by atoms with Crippen LogP contribution in [0.4, 0.5) is 5.69 Å². The molecule has 1 aliphatic rings. The molecule has 4 aromatic rings. The van der Waals surface area contributed by atoms with E-state index < -0.39 is 36.3 Å². The van der Waals surface area contributed by atoms with Crippen LogP contribution in [0, 0.1) is 0 Å². The van der Waals surface area contributed by atoms with Crippen LogP contribution in [0.3, 0.4) is 0 Å². The van der Waals surface area contributed by atoms with Gasteiger partial charge in [0.2, 0.25) is 17.6 Å². The number of hydrogen-bond donors (Lipinski definition) is 2. The van der Waals surface area contributed by atoms with Gasteiger partial charge in [0.05, 0.1) is 17.4 Å². The van der Waals surface area contributed by atoms with E-state index in [1.807, 2.05) is 48.5 Å². The van der Waals surface area contributed by atoms with Gasteiger partial charge in [-0.3, -0.25) is 24.3 Å². The summed E-state index contributed by atoms with van der Waals surface area (Å²) in [6.45, 7) is 1.34. The molecule has 11 heteroatoms. The predicted molar refractivity (Wildman–Crippen MR) is 150 cm³/mol. The highest BCUT2D eigenvalue weighted by atomic mass is 35.5. The molecule has 5 rings (SSSR count). The summed E-state index contributed by atoms with van der Waals surface area (Å²) in [5.41, 5.74) is 9.03. The number of nitrogens with one attached hydrogen (secondary N) is 1. The summed E-state index contributed by atoms with van der Waals surface area (Å²) >= 11 is 6.30. The molecule has 0 radical (unpaired) electrons. The Balaban J connectivity index is 1.37. The molecular weight excluding hydrogens is 532 g/mol. The van der Waals surface area contributed by atoms with Crippen LogP contribution in [-0.2, 0) is 9.59 Å². The van der Waals surface area contributed by atoms with Crippen LogP contribution >= 0.6 is 11.6 Å². The standard InChI is InChI=1S/C29H25ClN6O4/c1-2-21(25(38)28-35-34-27(40-28)18-11-7-4-8-12-18)32-23(37)16-36-22-14-13-19(30)15-20(22)24(33-26(31)29(36)39)17-9-5-3-6-10-17/h3-15,21,26H,2,16,31H2,1H3,(H,32,37). The molecule has 0 aliphatic carbocycles. The molecular formula is C29H25ClN6O4. The smallest absolute Gasteiger partial charge is 0.286 e. The molecule has 2 heterocycles. The Morgan fingerprint density at radius 1 is 1.02 bits per heavy atom. The second-order valence-electron chi connectivity index (χ2n) is 9.05. The van der Waals surface area contributed by atoms with Crippen LogP contribution in [0.2, 0.25) is 5.02 Å². The van der Waals surface area contributed by atoms with Crippen molar-refractivity contribution in [3.8, 4) is 11.5 Å². The summed E-state index contributed by atoms with van der Waals surface area (Å²) in [6, 6.07) is 22.3. The average molecular weight is 557 g/mol. The normalized spacial score (nSPS) is 15.6. The topological polar surface area (TPSA) is 144 Å². The zero-order chi connectivity index (χ0) is 28.2. The molecule has 0 saturated heterocycles. The molecule has 40 heavy (non-hydrogen) atoms. The van der Waals surface area contributed by atoms with Crippen molar-refractivity contribution in [3.63, 3.8) is 0 Å². The molecule has 0 saturated carbocycles. The lowest BCUT2D eigenvalue weighted by molar-refractivity contribution is -0.124. The summed E-state index contributed by atoms with van der Waals surface area (Å²) < 4.78 is 5.57. The number of nitrogens with zero attached hydrogens (tertiary/aromatic N) is 4. The number of carbonyl (C=O) groups excluding carboxylic acids is 3. The number of hydrogen-bond acceptors (Lipinski definition) is 8. The number of anilines is 1. The molecule has 3 aromatic carbocycles. The average Bonchev–Trinajstić information content (AvgIpc) is 3.45. The van der Waals surface area contributed by atoms with Crippen LogP contribution in [0.25, 0.3) is 11.5 Å². The van der Waals surface area contributed by atoms with Gasteiger partial charge in [0.15, 0.2) is 6.17 Å². The first-order valence-corrected chi connectivity index (χ1v) is 13.0. The zero-order valence-corrected chi connectivity index (χ0v) is 22.2. The van der Waals surface area contributed by atoms with Crippen molar-refractivity contribution < 1.29 is 18.8 Å². The van der Waals surface area contributed by atoms with Gasteiger partial charge in [-0.2, -0.15) is 0 Å². The van der Waals surface area contributed by atoms with E-state index in [4.69, 9.17) is 21.8 Å². The molecule has 0 fully saturated rings. The van der Waals surface area contributed by atoms with E-state index in [9.17, 15) is 14.4 Å². The third-order valence-electron chi connectivity index (χ3n) is 6.36. The number of amides is 2. The fraction of sp³-hybridized carbons (Fsp3) is 0.172. The van der Waals surface area contributed by atoms with Gasteiger partial charge in [-0.05, 0) is 36.8 Å². The molecule has 1 aliphatic heterocycles. The monoisotopic (exact) mass is 556 g/mol. The van der Waals surface area contributed by atoms with Gasteiger partial charge in [0, 0.05) is 21.7 Å². The number of rotatable bonds is 8. The van der Waals surface area contributed by atoms with Gasteiger partial charge < -0.3 is 15.5 Å². The number of fused-ring (bicyclic) bond motifs is 1. The molecule has 0 bridgehead atoms. The maximum atomic E-state index is 13.3. The molecule has 1 aromatic heterocycles. The van der Waals surface area contributed by atoms with Crippen molar-refractivity contribution in [2.45, 2.75) is 25.6 Å². The Hall–Kier alpha value is -4.67. The highest BCUT2D eigenvalue weighted by Crippen LogP contribution is 2.30. The van der Waals surface area contributed by atoms with E-state index >= 15 is 0 Å². The molecule has 10 nitrogen and oxygen atoms in total. The summed E-state index contributed by atoms with van der Waals surface area (Å²) in [6.07, 6.45) is -0.998. The maximum absolute atomic E-state index is 13.3. The lowest BCUT2D eigenvalue weighted by Crippen LogP contribution is -2.50. The Labute approximate surface area is 234 Å². The van der Waals surface area contributed by atoms with Crippen molar-refractivity contribution >= 4 is 40.6 Å². The summed E-state index contributed by atoms with van der Waals surface area (Å²) in [7, 11) is 0. The largest absolute Gasteiger partial charge is 0.414 e.